The van der Waals surface area contributed by atoms with Gasteiger partial charge in [0.2, 0.25) is 0 Å². The first kappa shape index (κ1) is 33.5. The molecule has 222 valence electrons. The molecule has 1 aliphatic rings. The summed E-state index contributed by atoms with van der Waals surface area (Å²) in [7, 11) is 5.55. The van der Waals surface area contributed by atoms with Crippen molar-refractivity contribution in [1.29, 1.82) is 0 Å². The van der Waals surface area contributed by atoms with Gasteiger partial charge in [0.15, 0.2) is 11.6 Å². The van der Waals surface area contributed by atoms with Crippen molar-refractivity contribution in [3.63, 3.8) is 0 Å². The minimum atomic E-state index is -0.387. The van der Waals surface area contributed by atoms with Gasteiger partial charge in [0.25, 0.3) is 0 Å². The third kappa shape index (κ3) is 10.3. The molecule has 7 heteroatoms. The maximum absolute atomic E-state index is 14.6. The molecule has 2 N–H and O–H groups in total. The minimum absolute atomic E-state index is 0.000501. The number of fused-ring (bicyclic) bond motifs is 1. The molecule has 4 rings (SSSR count). The second-order valence-corrected chi connectivity index (χ2v) is 10.8. The average Bonchev–Trinajstić information content (AvgIpc) is 2.97. The molecule has 0 saturated heterocycles. The van der Waals surface area contributed by atoms with Gasteiger partial charge in [-0.1, -0.05) is 18.2 Å². The van der Waals surface area contributed by atoms with Crippen LogP contribution in [0.4, 0.5) is 10.1 Å². The molecule has 0 atom stereocenters. The van der Waals surface area contributed by atoms with E-state index < -0.39 is 0 Å². The fraction of sp³-hybridized carbons (Fsp3) is 0.412. The summed E-state index contributed by atoms with van der Waals surface area (Å²) in [6.45, 7) is 5.37. The minimum Gasteiger partial charge on any atom is -0.508 e. The van der Waals surface area contributed by atoms with Crippen LogP contribution in [0.3, 0.4) is 0 Å². The van der Waals surface area contributed by atoms with Crippen molar-refractivity contribution in [2.45, 2.75) is 51.6 Å². The van der Waals surface area contributed by atoms with Crippen molar-refractivity contribution in [2.24, 2.45) is 0 Å². The van der Waals surface area contributed by atoms with Crippen LogP contribution in [0.5, 0.6) is 17.2 Å². The number of hydrogen-bond donors (Lipinski definition) is 2. The van der Waals surface area contributed by atoms with Crippen LogP contribution in [0, 0.1) is 18.7 Å². The molecule has 3 aromatic rings. The first-order chi connectivity index (χ1) is 19.6. The predicted octanol–water partition coefficient (Wildman–Crippen LogP) is 6.07. The summed E-state index contributed by atoms with van der Waals surface area (Å²) >= 11 is 0. The lowest BCUT2D eigenvalue weighted by Crippen LogP contribution is -2.43. The Morgan fingerprint density at radius 1 is 0.951 bits per heavy atom. The van der Waals surface area contributed by atoms with E-state index in [0.29, 0.717) is 25.4 Å². The number of nitrogens with zero attached hydrogens (tertiary/aromatic N) is 2. The maximum atomic E-state index is 14.6. The number of benzene rings is 3. The van der Waals surface area contributed by atoms with Crippen molar-refractivity contribution in [3.8, 4) is 30.1 Å². The number of halogens is 1. The number of aliphatic hydroxyl groups is 1. The molecule has 3 aromatic carbocycles. The molecule has 0 heterocycles. The van der Waals surface area contributed by atoms with Crippen LogP contribution in [0.25, 0.3) is 0 Å². The Labute approximate surface area is 245 Å². The molecular formula is C34H45FN2O4. The molecule has 6 nitrogen and oxygen atoms in total. The molecule has 0 aliphatic heterocycles. The summed E-state index contributed by atoms with van der Waals surface area (Å²) in [5.41, 5.74) is 4.27. The highest BCUT2D eigenvalue weighted by Gasteiger charge is 2.22. The third-order valence-electron chi connectivity index (χ3n) is 7.28. The standard InChI is InChI=1S/C22H31FN2O3.C10H12O.C2H2/c1-22(2,24(3)4)16-28-21-10-9-17(13-20(21)23)15-25(11-12-26)18-7-6-8-19(14-18)27-5;11-10-6-5-8-3-1-2-4-9(8)7-10;1-2/h6-10,13-14,26H,11-12,15-16H2,1-5H3;5-7,11H,1-4H2;1-2H. The Hall–Kier alpha value is -3.73. The zero-order valence-corrected chi connectivity index (χ0v) is 25.1. The van der Waals surface area contributed by atoms with Crippen LogP contribution >= 0.6 is 0 Å². The van der Waals surface area contributed by atoms with E-state index >= 15 is 0 Å². The van der Waals surface area contributed by atoms with Gasteiger partial charge in [-0.15, -0.1) is 12.8 Å². The van der Waals surface area contributed by atoms with E-state index in [1.54, 1.807) is 19.2 Å². The van der Waals surface area contributed by atoms with Crippen molar-refractivity contribution in [2.75, 3.05) is 45.9 Å². The summed E-state index contributed by atoms with van der Waals surface area (Å²) in [6, 6.07) is 18.3. The predicted molar refractivity (Wildman–Crippen MR) is 165 cm³/mol. The molecule has 0 radical (unpaired) electrons. The molecule has 0 amide bonds. The van der Waals surface area contributed by atoms with Crippen molar-refractivity contribution in [1.82, 2.24) is 4.90 Å². The van der Waals surface area contributed by atoms with E-state index in [2.05, 4.69) is 12.8 Å². The van der Waals surface area contributed by atoms with Crippen LogP contribution < -0.4 is 14.4 Å². The van der Waals surface area contributed by atoms with Crippen LogP contribution in [-0.4, -0.2) is 61.6 Å². The normalized spacial score (nSPS) is 12.2. The van der Waals surface area contributed by atoms with Gasteiger partial charge in [-0.25, -0.2) is 4.39 Å². The maximum Gasteiger partial charge on any atom is 0.165 e. The van der Waals surface area contributed by atoms with Gasteiger partial charge in [0, 0.05) is 30.4 Å². The third-order valence-corrected chi connectivity index (χ3v) is 7.28. The highest BCUT2D eigenvalue weighted by molar-refractivity contribution is 5.51. The molecule has 0 bridgehead atoms. The highest BCUT2D eigenvalue weighted by atomic mass is 19.1. The number of aryl methyl sites for hydroxylation is 2. The van der Waals surface area contributed by atoms with Crippen molar-refractivity contribution < 1.29 is 24.1 Å². The Morgan fingerprint density at radius 2 is 1.66 bits per heavy atom. The first-order valence-electron chi connectivity index (χ1n) is 13.9. The number of anilines is 1. The lowest BCUT2D eigenvalue weighted by atomic mass is 9.92. The quantitative estimate of drug-likeness (QED) is 0.291. The molecule has 0 spiro atoms. The van der Waals surface area contributed by atoms with E-state index in [1.807, 2.05) is 80.2 Å². The van der Waals surface area contributed by atoms with Gasteiger partial charge in [0.05, 0.1) is 13.7 Å². The number of rotatable bonds is 10. The molecule has 0 saturated carbocycles. The van der Waals surface area contributed by atoms with Crippen molar-refractivity contribution in [3.05, 3.63) is 83.2 Å². The van der Waals surface area contributed by atoms with Gasteiger partial charge < -0.3 is 29.5 Å². The molecule has 1 aliphatic carbocycles. The summed E-state index contributed by atoms with van der Waals surface area (Å²) in [5, 5.41) is 18.6. The van der Waals surface area contributed by atoms with Crippen LogP contribution in [-0.2, 0) is 19.4 Å². The van der Waals surface area contributed by atoms with Gasteiger partial charge >= 0.3 is 0 Å². The number of likely N-dealkylation sites (N-methyl/N-ethyl adjacent to an activating group) is 1. The fourth-order valence-electron chi connectivity index (χ4n) is 4.31. The average molecular weight is 565 g/mol. The SMILES string of the molecule is C#C.COc1cccc(N(CCO)Cc2ccc(OCC(C)(C)N(C)C)c(F)c2)c1.Oc1ccc2c(c1)CCCC2. The van der Waals surface area contributed by atoms with E-state index in [4.69, 9.17) is 9.47 Å². The lowest BCUT2D eigenvalue weighted by Gasteiger charge is -2.32. The second-order valence-electron chi connectivity index (χ2n) is 10.8. The molecule has 0 aromatic heterocycles. The summed E-state index contributed by atoms with van der Waals surface area (Å²) in [5.74, 6) is 1.000. The number of hydrogen-bond acceptors (Lipinski definition) is 6. The molecule has 0 unspecified atom stereocenters. The lowest BCUT2D eigenvalue weighted by molar-refractivity contribution is 0.111. The van der Waals surface area contributed by atoms with E-state index in [0.717, 1.165) is 23.4 Å². The summed E-state index contributed by atoms with van der Waals surface area (Å²) < 4.78 is 25.5. The first-order valence-corrected chi connectivity index (χ1v) is 13.9. The van der Waals surface area contributed by atoms with E-state index in [9.17, 15) is 14.6 Å². The number of phenols is 1. The zero-order chi connectivity index (χ0) is 30.4. The number of ether oxygens (including phenoxy) is 2. The Bertz CT molecular complexity index is 1240. The van der Waals surface area contributed by atoms with Crippen LogP contribution in [0.15, 0.2) is 60.7 Å². The summed E-state index contributed by atoms with van der Waals surface area (Å²) in [6.07, 6.45) is 12.9. The summed E-state index contributed by atoms with van der Waals surface area (Å²) in [4.78, 5) is 4.02. The Balaban J connectivity index is 0.000000372. The molecule has 0 fully saturated rings. The zero-order valence-electron chi connectivity index (χ0n) is 25.1. The topological polar surface area (TPSA) is 65.4 Å². The number of terminal acetylenes is 1. The van der Waals surface area contributed by atoms with Gasteiger partial charge in [-0.3, -0.25) is 0 Å². The largest absolute Gasteiger partial charge is 0.508 e. The number of methoxy groups -OCH3 is 1. The number of aromatic hydroxyl groups is 1. The second kappa shape index (κ2) is 16.5. The highest BCUT2D eigenvalue weighted by Crippen LogP contribution is 2.26. The van der Waals surface area contributed by atoms with Crippen LogP contribution in [0.1, 0.15) is 43.4 Å². The van der Waals surface area contributed by atoms with E-state index in [-0.39, 0.29) is 23.7 Å². The fourth-order valence-corrected chi connectivity index (χ4v) is 4.31. The van der Waals surface area contributed by atoms with Crippen LogP contribution in [0.2, 0.25) is 0 Å². The van der Waals surface area contributed by atoms with Gasteiger partial charge in [-0.05, 0) is 107 Å². The number of aliphatic hydroxyl groups excluding tert-OH is 1. The number of phenolic OH excluding ortho intramolecular Hbond substituents is 1. The monoisotopic (exact) mass is 564 g/mol. The van der Waals surface area contributed by atoms with Gasteiger partial charge in [0.1, 0.15) is 18.1 Å². The molecular weight excluding hydrogens is 519 g/mol. The van der Waals surface area contributed by atoms with Crippen molar-refractivity contribution >= 4 is 5.69 Å². The Kier molecular flexibility index (Phi) is 13.5. The molecule has 41 heavy (non-hydrogen) atoms. The Morgan fingerprint density at radius 3 is 2.29 bits per heavy atom. The smallest absolute Gasteiger partial charge is 0.165 e. The van der Waals surface area contributed by atoms with Gasteiger partial charge in [-0.2, -0.15) is 0 Å². The van der Waals surface area contributed by atoms with E-state index in [1.165, 1.54) is 36.5 Å².